The van der Waals surface area contributed by atoms with E-state index >= 15 is 0 Å². The topological polar surface area (TPSA) is 40.5 Å². The molecular formula is C17H15NO2. The van der Waals surface area contributed by atoms with Crippen molar-refractivity contribution < 1.29 is 9.90 Å². The predicted octanol–water partition coefficient (Wildman–Crippen LogP) is 2.20. The highest BCUT2D eigenvalue weighted by atomic mass is 16.3. The van der Waals surface area contributed by atoms with Gasteiger partial charge in [0.25, 0.3) is 5.91 Å². The number of carbonyl (C=O) groups is 1. The third-order valence-electron chi connectivity index (χ3n) is 4.41. The van der Waals surface area contributed by atoms with Crippen molar-refractivity contribution >= 4 is 5.91 Å². The fourth-order valence-electron chi connectivity index (χ4n) is 3.47. The van der Waals surface area contributed by atoms with Crippen molar-refractivity contribution in [2.45, 2.75) is 19.1 Å². The number of nitrogens with zero attached hydrogens (tertiary/aromatic N) is 1. The van der Waals surface area contributed by atoms with E-state index in [0.717, 1.165) is 17.5 Å². The lowest BCUT2D eigenvalue weighted by atomic mass is 9.86. The summed E-state index contributed by atoms with van der Waals surface area (Å²) in [6.07, 6.45) is 0.791. The first-order chi connectivity index (χ1) is 9.62. The molecule has 3 heteroatoms. The maximum atomic E-state index is 12.5. The van der Waals surface area contributed by atoms with Crippen LogP contribution in [0.15, 0.2) is 42.5 Å². The summed E-state index contributed by atoms with van der Waals surface area (Å²) in [5.41, 5.74) is 3.17. The molecule has 0 saturated carbocycles. The second-order valence-corrected chi connectivity index (χ2v) is 5.59. The number of aryl methyl sites for hydroxylation is 1. The predicted molar refractivity (Wildman–Crippen MR) is 75.4 cm³/mol. The zero-order chi connectivity index (χ0) is 13.9. The van der Waals surface area contributed by atoms with Gasteiger partial charge in [0.15, 0.2) is 5.72 Å². The summed E-state index contributed by atoms with van der Waals surface area (Å²) in [6.45, 7) is 2.60. The van der Waals surface area contributed by atoms with Gasteiger partial charge in [-0.1, -0.05) is 42.0 Å². The van der Waals surface area contributed by atoms with Gasteiger partial charge in [0, 0.05) is 23.2 Å². The van der Waals surface area contributed by atoms with Crippen LogP contribution in [0.2, 0.25) is 0 Å². The number of amides is 1. The standard InChI is InChI=1S/C17H15NO2/c1-11-6-7-14-12(10-11)8-9-18-16(19)13-4-2-3-5-15(13)17(14,18)20/h2-7,10,20H,8-9H2,1H3. The average molecular weight is 265 g/mol. The molecule has 0 aliphatic carbocycles. The maximum absolute atomic E-state index is 12.5. The third-order valence-corrected chi connectivity index (χ3v) is 4.41. The van der Waals surface area contributed by atoms with Crippen LogP contribution in [0.4, 0.5) is 0 Å². The summed E-state index contributed by atoms with van der Waals surface area (Å²) in [6, 6.07) is 13.4. The SMILES string of the molecule is Cc1ccc2c(c1)CCN1C(=O)c3ccccc3C21O. The Kier molecular flexibility index (Phi) is 2.16. The van der Waals surface area contributed by atoms with Gasteiger partial charge >= 0.3 is 0 Å². The summed E-state index contributed by atoms with van der Waals surface area (Å²) in [4.78, 5) is 14.1. The molecule has 1 atom stereocenters. The van der Waals surface area contributed by atoms with Crippen LogP contribution in [-0.4, -0.2) is 22.5 Å². The van der Waals surface area contributed by atoms with Crippen LogP contribution in [-0.2, 0) is 12.1 Å². The lowest BCUT2D eigenvalue weighted by molar-refractivity contribution is -0.0563. The first-order valence-electron chi connectivity index (χ1n) is 6.86. The van der Waals surface area contributed by atoms with Gasteiger partial charge in [-0.2, -0.15) is 0 Å². The van der Waals surface area contributed by atoms with Crippen molar-refractivity contribution in [2.75, 3.05) is 6.54 Å². The Hall–Kier alpha value is -2.13. The molecule has 1 unspecified atom stereocenters. The van der Waals surface area contributed by atoms with E-state index in [1.165, 1.54) is 5.56 Å². The lowest BCUT2D eigenvalue weighted by Gasteiger charge is -2.40. The smallest absolute Gasteiger partial charge is 0.257 e. The van der Waals surface area contributed by atoms with E-state index in [2.05, 4.69) is 6.07 Å². The molecule has 0 radical (unpaired) electrons. The largest absolute Gasteiger partial charge is 0.363 e. The van der Waals surface area contributed by atoms with Gasteiger partial charge in [-0.15, -0.1) is 0 Å². The number of hydrogen-bond donors (Lipinski definition) is 1. The third kappa shape index (κ3) is 1.26. The van der Waals surface area contributed by atoms with Gasteiger partial charge < -0.3 is 10.0 Å². The average Bonchev–Trinajstić information content (AvgIpc) is 2.68. The Morgan fingerprint density at radius 3 is 2.80 bits per heavy atom. The molecule has 2 aromatic carbocycles. The van der Waals surface area contributed by atoms with Gasteiger partial charge in [-0.05, 0) is 25.0 Å². The summed E-state index contributed by atoms with van der Waals surface area (Å²) < 4.78 is 0. The number of aliphatic hydroxyl groups is 1. The van der Waals surface area contributed by atoms with E-state index in [-0.39, 0.29) is 5.91 Å². The fourth-order valence-corrected chi connectivity index (χ4v) is 3.47. The minimum absolute atomic E-state index is 0.0747. The molecule has 20 heavy (non-hydrogen) atoms. The molecule has 0 saturated heterocycles. The molecule has 2 aliphatic rings. The van der Waals surface area contributed by atoms with E-state index < -0.39 is 5.72 Å². The number of fused-ring (bicyclic) bond motifs is 5. The summed E-state index contributed by atoms with van der Waals surface area (Å²) >= 11 is 0. The molecule has 1 N–H and O–H groups in total. The van der Waals surface area contributed by atoms with Gasteiger partial charge in [0.2, 0.25) is 0 Å². The van der Waals surface area contributed by atoms with Crippen LogP contribution in [0.5, 0.6) is 0 Å². The van der Waals surface area contributed by atoms with E-state index in [4.69, 9.17) is 0 Å². The van der Waals surface area contributed by atoms with Gasteiger partial charge in [-0.3, -0.25) is 4.79 Å². The van der Waals surface area contributed by atoms with E-state index in [9.17, 15) is 9.90 Å². The quantitative estimate of drug-likeness (QED) is 0.793. The second-order valence-electron chi connectivity index (χ2n) is 5.59. The van der Waals surface area contributed by atoms with Crippen LogP contribution < -0.4 is 0 Å². The first-order valence-corrected chi connectivity index (χ1v) is 6.86. The van der Waals surface area contributed by atoms with Gasteiger partial charge in [0.05, 0.1) is 0 Å². The molecule has 1 amide bonds. The molecule has 0 spiro atoms. The van der Waals surface area contributed by atoms with Crippen LogP contribution in [0.3, 0.4) is 0 Å². The molecule has 0 fully saturated rings. The van der Waals surface area contributed by atoms with Crippen LogP contribution in [0.1, 0.15) is 32.6 Å². The maximum Gasteiger partial charge on any atom is 0.257 e. The number of hydrogen-bond acceptors (Lipinski definition) is 2. The Balaban J connectivity index is 2.03. The Morgan fingerprint density at radius 2 is 1.95 bits per heavy atom. The number of carbonyl (C=O) groups excluding carboxylic acids is 1. The Morgan fingerprint density at radius 1 is 1.15 bits per heavy atom. The number of rotatable bonds is 0. The summed E-state index contributed by atoms with van der Waals surface area (Å²) in [5.74, 6) is -0.0747. The molecule has 2 aliphatic heterocycles. The Bertz CT molecular complexity index is 738. The van der Waals surface area contributed by atoms with Crippen molar-refractivity contribution in [1.82, 2.24) is 4.90 Å². The molecule has 2 heterocycles. The van der Waals surface area contributed by atoms with Crippen LogP contribution in [0, 0.1) is 6.92 Å². The molecule has 3 nitrogen and oxygen atoms in total. The van der Waals surface area contributed by atoms with Crippen LogP contribution >= 0.6 is 0 Å². The minimum Gasteiger partial charge on any atom is -0.363 e. The highest BCUT2D eigenvalue weighted by molar-refractivity contribution is 6.00. The molecule has 4 rings (SSSR count). The Labute approximate surface area is 117 Å². The van der Waals surface area contributed by atoms with E-state index in [1.54, 1.807) is 11.0 Å². The summed E-state index contributed by atoms with van der Waals surface area (Å²) in [5, 5.41) is 11.3. The highest BCUT2D eigenvalue weighted by Gasteiger charge is 2.52. The molecule has 100 valence electrons. The molecule has 0 bridgehead atoms. The van der Waals surface area contributed by atoms with Crippen molar-refractivity contribution in [3.8, 4) is 0 Å². The van der Waals surface area contributed by atoms with Crippen LogP contribution in [0.25, 0.3) is 0 Å². The van der Waals surface area contributed by atoms with Crippen molar-refractivity contribution in [3.63, 3.8) is 0 Å². The minimum atomic E-state index is -1.30. The van der Waals surface area contributed by atoms with Crippen molar-refractivity contribution in [1.29, 1.82) is 0 Å². The fraction of sp³-hybridized carbons (Fsp3) is 0.235. The van der Waals surface area contributed by atoms with Crippen molar-refractivity contribution in [2.24, 2.45) is 0 Å². The summed E-state index contributed by atoms with van der Waals surface area (Å²) in [7, 11) is 0. The molecule has 2 aromatic rings. The first kappa shape index (κ1) is 11.7. The van der Waals surface area contributed by atoms with E-state index in [0.29, 0.717) is 17.7 Å². The van der Waals surface area contributed by atoms with Gasteiger partial charge in [0.1, 0.15) is 0 Å². The zero-order valence-corrected chi connectivity index (χ0v) is 11.3. The second kappa shape index (κ2) is 3.70. The molecular weight excluding hydrogens is 250 g/mol. The molecule has 0 aromatic heterocycles. The highest BCUT2D eigenvalue weighted by Crippen LogP contribution is 2.45. The monoisotopic (exact) mass is 265 g/mol. The lowest BCUT2D eigenvalue weighted by Crippen LogP contribution is -2.49. The van der Waals surface area contributed by atoms with Gasteiger partial charge in [-0.25, -0.2) is 0 Å². The van der Waals surface area contributed by atoms with Crippen molar-refractivity contribution in [3.05, 3.63) is 70.3 Å². The zero-order valence-electron chi connectivity index (χ0n) is 11.3. The van der Waals surface area contributed by atoms with E-state index in [1.807, 2.05) is 37.3 Å². The normalized spacial score (nSPS) is 23.3. The number of benzene rings is 2.